The van der Waals surface area contributed by atoms with Gasteiger partial charge in [0.15, 0.2) is 0 Å². The van der Waals surface area contributed by atoms with Crippen molar-refractivity contribution in [2.75, 3.05) is 0 Å². The van der Waals surface area contributed by atoms with E-state index in [1.807, 2.05) is 0 Å². The van der Waals surface area contributed by atoms with Gasteiger partial charge < -0.3 is 11.5 Å². The Labute approximate surface area is 83.9 Å². The normalized spacial score (nSPS) is 12.3. The van der Waals surface area contributed by atoms with Gasteiger partial charge in [-0.2, -0.15) is 13.2 Å². The minimum Gasteiger partial charge on any atom is -0.312 e. The number of nitrogens with two attached hydrogens (primary N) is 2. The van der Waals surface area contributed by atoms with Crippen molar-refractivity contribution < 1.29 is 17.6 Å². The molecule has 0 aromatic heterocycles. The maximum absolute atomic E-state index is 12.9. The lowest BCUT2D eigenvalue weighted by molar-refractivity contribution is -0.138. The molecule has 0 amide bonds. The van der Waals surface area contributed by atoms with Crippen LogP contribution in [0.5, 0.6) is 0 Å². The van der Waals surface area contributed by atoms with Gasteiger partial charge in [-0.1, -0.05) is 0 Å². The molecule has 0 saturated carbocycles. The smallest absolute Gasteiger partial charge is 0.312 e. The minimum absolute atomic E-state index is 0.0395. The fraction of sp³-hybridized carbons (Fsp3) is 0.333. The van der Waals surface area contributed by atoms with E-state index < -0.39 is 23.7 Å². The highest BCUT2D eigenvalue weighted by Gasteiger charge is 2.34. The molecule has 0 atom stereocenters. The molecule has 0 aliphatic heterocycles. The zero-order valence-electron chi connectivity index (χ0n) is 7.90. The Hall–Kier alpha value is -1.14. The minimum atomic E-state index is -4.60. The first-order valence-electron chi connectivity index (χ1n) is 4.12. The molecule has 4 N–H and O–H groups in total. The first-order chi connectivity index (χ1) is 6.73. The summed E-state index contributed by atoms with van der Waals surface area (Å²) in [4.78, 5) is 0. The van der Waals surface area contributed by atoms with Gasteiger partial charge in [-0.15, -0.1) is 0 Å². The van der Waals surface area contributed by atoms with E-state index in [9.17, 15) is 17.6 Å². The van der Waals surface area contributed by atoms with Gasteiger partial charge in [-0.05, 0) is 30.2 Å². The van der Waals surface area contributed by atoms with E-state index in [4.69, 9.17) is 11.5 Å². The summed E-state index contributed by atoms with van der Waals surface area (Å²) in [5.41, 5.74) is 9.26. The standard InChI is InChI=1S/C9H10F4N2/c1-4-6(8(14)15)2-5(10)3-7(4)9(11,12)13/h2-3,8H,14-15H2,1H3. The Bertz CT molecular complexity index is 371. The fourth-order valence-corrected chi connectivity index (χ4v) is 1.34. The van der Waals surface area contributed by atoms with Crippen molar-refractivity contribution in [3.8, 4) is 0 Å². The Morgan fingerprint density at radius 2 is 1.73 bits per heavy atom. The van der Waals surface area contributed by atoms with Crippen molar-refractivity contribution in [2.24, 2.45) is 11.5 Å². The summed E-state index contributed by atoms with van der Waals surface area (Å²) in [6, 6.07) is 1.34. The second-order valence-corrected chi connectivity index (χ2v) is 3.19. The molecule has 0 unspecified atom stereocenters. The zero-order chi connectivity index (χ0) is 11.8. The highest BCUT2D eigenvalue weighted by molar-refractivity contribution is 5.38. The molecule has 0 fully saturated rings. The SMILES string of the molecule is Cc1c(C(N)N)cc(F)cc1C(F)(F)F. The Morgan fingerprint density at radius 1 is 1.20 bits per heavy atom. The average Bonchev–Trinajstić information content (AvgIpc) is 2.06. The molecule has 2 nitrogen and oxygen atoms in total. The van der Waals surface area contributed by atoms with Gasteiger partial charge in [0.25, 0.3) is 0 Å². The molecule has 1 aromatic carbocycles. The average molecular weight is 222 g/mol. The van der Waals surface area contributed by atoms with Crippen LogP contribution >= 0.6 is 0 Å². The van der Waals surface area contributed by atoms with Crippen LogP contribution < -0.4 is 11.5 Å². The number of benzene rings is 1. The fourth-order valence-electron chi connectivity index (χ4n) is 1.34. The zero-order valence-corrected chi connectivity index (χ0v) is 7.90. The van der Waals surface area contributed by atoms with Crippen molar-refractivity contribution in [3.05, 3.63) is 34.6 Å². The van der Waals surface area contributed by atoms with Crippen LogP contribution in [0.4, 0.5) is 17.6 Å². The van der Waals surface area contributed by atoms with Gasteiger partial charge in [0.05, 0.1) is 11.7 Å². The van der Waals surface area contributed by atoms with E-state index in [1.54, 1.807) is 0 Å². The Balaban J connectivity index is 3.42. The molecule has 6 heteroatoms. The summed E-state index contributed by atoms with van der Waals surface area (Å²) in [6.07, 6.45) is -5.72. The molecule has 0 bridgehead atoms. The molecular formula is C9H10F4N2. The molecular weight excluding hydrogens is 212 g/mol. The van der Waals surface area contributed by atoms with Gasteiger partial charge in [0, 0.05) is 0 Å². The lowest BCUT2D eigenvalue weighted by atomic mass is 10.00. The molecule has 1 rings (SSSR count). The monoisotopic (exact) mass is 222 g/mol. The van der Waals surface area contributed by atoms with Gasteiger partial charge in [0.2, 0.25) is 0 Å². The van der Waals surface area contributed by atoms with E-state index in [0.717, 1.165) is 6.07 Å². The maximum Gasteiger partial charge on any atom is 0.416 e. The Morgan fingerprint density at radius 3 is 2.13 bits per heavy atom. The van der Waals surface area contributed by atoms with Crippen LogP contribution in [0.1, 0.15) is 22.9 Å². The second kappa shape index (κ2) is 3.79. The highest BCUT2D eigenvalue weighted by atomic mass is 19.4. The van der Waals surface area contributed by atoms with E-state index in [1.165, 1.54) is 6.92 Å². The quantitative estimate of drug-likeness (QED) is 0.564. The first-order valence-corrected chi connectivity index (χ1v) is 4.12. The third-order valence-corrected chi connectivity index (χ3v) is 2.08. The van der Waals surface area contributed by atoms with Crippen LogP contribution in [0, 0.1) is 12.7 Å². The second-order valence-electron chi connectivity index (χ2n) is 3.19. The molecule has 0 spiro atoms. The molecule has 0 aliphatic carbocycles. The molecule has 0 aliphatic rings. The Kier molecular flexibility index (Phi) is 3.01. The van der Waals surface area contributed by atoms with Crippen molar-refractivity contribution >= 4 is 0 Å². The van der Waals surface area contributed by atoms with Gasteiger partial charge in [-0.3, -0.25) is 0 Å². The van der Waals surface area contributed by atoms with Gasteiger partial charge in [0.1, 0.15) is 5.82 Å². The maximum atomic E-state index is 12.9. The summed E-state index contributed by atoms with van der Waals surface area (Å²) >= 11 is 0. The van der Waals surface area contributed by atoms with E-state index >= 15 is 0 Å². The van der Waals surface area contributed by atoms with Crippen molar-refractivity contribution in [2.45, 2.75) is 19.3 Å². The van der Waals surface area contributed by atoms with E-state index in [-0.39, 0.29) is 11.1 Å². The molecule has 0 heterocycles. The first kappa shape index (κ1) is 11.9. The van der Waals surface area contributed by atoms with Crippen LogP contribution in [0.15, 0.2) is 12.1 Å². The van der Waals surface area contributed by atoms with Crippen molar-refractivity contribution in [1.82, 2.24) is 0 Å². The van der Waals surface area contributed by atoms with Crippen LogP contribution in [0.25, 0.3) is 0 Å². The van der Waals surface area contributed by atoms with E-state index in [0.29, 0.717) is 6.07 Å². The summed E-state index contributed by atoms with van der Waals surface area (Å²) < 4.78 is 50.2. The summed E-state index contributed by atoms with van der Waals surface area (Å²) in [7, 11) is 0. The third kappa shape index (κ3) is 2.45. The van der Waals surface area contributed by atoms with E-state index in [2.05, 4.69) is 0 Å². The van der Waals surface area contributed by atoms with Crippen LogP contribution in [0.3, 0.4) is 0 Å². The topological polar surface area (TPSA) is 52.0 Å². The van der Waals surface area contributed by atoms with Crippen molar-refractivity contribution in [3.63, 3.8) is 0 Å². The summed E-state index contributed by atoms with van der Waals surface area (Å²) in [5.74, 6) is -0.996. The van der Waals surface area contributed by atoms with Gasteiger partial charge >= 0.3 is 6.18 Å². The number of rotatable bonds is 1. The summed E-state index contributed by atoms with van der Waals surface area (Å²) in [6.45, 7) is 1.21. The number of hydrogen-bond donors (Lipinski definition) is 2. The summed E-state index contributed by atoms with van der Waals surface area (Å²) in [5, 5.41) is 0. The van der Waals surface area contributed by atoms with Crippen LogP contribution in [0.2, 0.25) is 0 Å². The van der Waals surface area contributed by atoms with Crippen molar-refractivity contribution in [1.29, 1.82) is 0 Å². The predicted molar refractivity (Wildman–Crippen MR) is 47.3 cm³/mol. The lowest BCUT2D eigenvalue weighted by Crippen LogP contribution is -2.23. The number of alkyl halides is 3. The predicted octanol–water partition coefficient (Wildman–Crippen LogP) is 2.07. The molecule has 1 aromatic rings. The third-order valence-electron chi connectivity index (χ3n) is 2.08. The number of halogens is 4. The van der Waals surface area contributed by atoms with Gasteiger partial charge in [-0.25, -0.2) is 4.39 Å². The largest absolute Gasteiger partial charge is 0.416 e. The molecule has 0 saturated heterocycles. The molecule has 15 heavy (non-hydrogen) atoms. The van der Waals surface area contributed by atoms with Crippen LogP contribution in [-0.4, -0.2) is 0 Å². The highest BCUT2D eigenvalue weighted by Crippen LogP contribution is 2.34. The lowest BCUT2D eigenvalue weighted by Gasteiger charge is -2.16. The molecule has 84 valence electrons. The molecule has 0 radical (unpaired) electrons. The van der Waals surface area contributed by atoms with Crippen LogP contribution in [-0.2, 0) is 6.18 Å². The number of hydrogen-bond acceptors (Lipinski definition) is 2.